The maximum atomic E-state index is 12.3. The Morgan fingerprint density at radius 2 is 1.72 bits per heavy atom. The second kappa shape index (κ2) is 6.62. The van der Waals surface area contributed by atoms with Crippen LogP contribution in [0.4, 0.5) is 0 Å². The van der Waals surface area contributed by atoms with E-state index in [0.29, 0.717) is 12.1 Å². The van der Waals surface area contributed by atoms with Gasteiger partial charge in [0.1, 0.15) is 0 Å². The van der Waals surface area contributed by atoms with Crippen LogP contribution in [0, 0.1) is 0 Å². The number of nitrogens with one attached hydrogen (secondary N) is 1. The van der Waals surface area contributed by atoms with Gasteiger partial charge in [0, 0.05) is 24.5 Å². The van der Waals surface area contributed by atoms with E-state index < -0.39 is 7.12 Å². The van der Waals surface area contributed by atoms with Crippen LogP contribution in [-0.4, -0.2) is 29.2 Å². The van der Waals surface area contributed by atoms with E-state index in [-0.39, 0.29) is 17.1 Å². The molecule has 1 N–H and O–H groups in total. The van der Waals surface area contributed by atoms with Gasteiger partial charge >= 0.3 is 7.12 Å². The van der Waals surface area contributed by atoms with Crippen molar-refractivity contribution in [2.24, 2.45) is 0 Å². The highest BCUT2D eigenvalue weighted by atomic mass is 16.7. The molecule has 2 aromatic rings. The van der Waals surface area contributed by atoms with Crippen molar-refractivity contribution < 1.29 is 14.1 Å². The van der Waals surface area contributed by atoms with Crippen molar-refractivity contribution >= 4 is 18.5 Å². The summed E-state index contributed by atoms with van der Waals surface area (Å²) >= 11 is 0. The molecule has 1 aromatic heterocycles. The molecule has 0 unspecified atom stereocenters. The molecular weight excluding hydrogens is 315 g/mol. The Morgan fingerprint density at radius 3 is 2.28 bits per heavy atom. The van der Waals surface area contributed by atoms with Crippen LogP contribution in [0.3, 0.4) is 0 Å². The highest BCUT2D eigenvalue weighted by Crippen LogP contribution is 2.36. The van der Waals surface area contributed by atoms with Crippen LogP contribution in [-0.2, 0) is 15.9 Å². The molecule has 1 saturated heterocycles. The fraction of sp³-hybridized carbons (Fsp3) is 0.368. The summed E-state index contributed by atoms with van der Waals surface area (Å²) in [6, 6.07) is 11.1. The van der Waals surface area contributed by atoms with Gasteiger partial charge in [-0.1, -0.05) is 18.2 Å². The van der Waals surface area contributed by atoms with E-state index in [2.05, 4.69) is 10.3 Å². The zero-order chi connectivity index (χ0) is 18.1. The number of aromatic nitrogens is 1. The maximum Gasteiger partial charge on any atom is 0.494 e. The minimum Gasteiger partial charge on any atom is -0.399 e. The molecule has 3 rings (SSSR count). The van der Waals surface area contributed by atoms with Crippen LogP contribution in [0.5, 0.6) is 0 Å². The third-order valence-corrected chi connectivity index (χ3v) is 4.87. The third kappa shape index (κ3) is 3.75. The third-order valence-electron chi connectivity index (χ3n) is 4.87. The van der Waals surface area contributed by atoms with Crippen LogP contribution in [0.2, 0.25) is 0 Å². The van der Waals surface area contributed by atoms with Gasteiger partial charge in [0.15, 0.2) is 0 Å². The first-order valence-electron chi connectivity index (χ1n) is 8.41. The van der Waals surface area contributed by atoms with Crippen LogP contribution in [0.1, 0.15) is 43.6 Å². The minimum absolute atomic E-state index is 0.121. The number of nitrogens with zero attached hydrogens (tertiary/aromatic N) is 1. The average Bonchev–Trinajstić information content (AvgIpc) is 2.81. The molecule has 0 bridgehead atoms. The van der Waals surface area contributed by atoms with Gasteiger partial charge < -0.3 is 14.6 Å². The first-order valence-corrected chi connectivity index (χ1v) is 8.41. The lowest BCUT2D eigenvalue weighted by molar-refractivity contribution is 0.00578. The standard InChI is InChI=1S/C19H23BN2O3/c1-18(2)19(3,4)25-20(24-18)16-9-7-15(8-10-16)17(23)22-13-14-6-5-11-21-12-14/h5-12H,13H2,1-4H3,(H,22,23). The molecule has 1 fully saturated rings. The Bertz CT molecular complexity index is 729. The quantitative estimate of drug-likeness (QED) is 0.869. The second-order valence-electron chi connectivity index (χ2n) is 7.25. The molecule has 0 radical (unpaired) electrons. The highest BCUT2D eigenvalue weighted by molar-refractivity contribution is 6.62. The van der Waals surface area contributed by atoms with E-state index in [0.717, 1.165) is 11.0 Å². The number of hydrogen-bond donors (Lipinski definition) is 1. The molecule has 5 nitrogen and oxygen atoms in total. The molecule has 1 aliphatic heterocycles. The van der Waals surface area contributed by atoms with Gasteiger partial charge in [-0.2, -0.15) is 0 Å². The summed E-state index contributed by atoms with van der Waals surface area (Å²) in [4.78, 5) is 16.3. The molecule has 2 heterocycles. The summed E-state index contributed by atoms with van der Waals surface area (Å²) in [7, 11) is -0.419. The van der Waals surface area contributed by atoms with Gasteiger partial charge in [-0.25, -0.2) is 0 Å². The molecule has 1 aromatic carbocycles. The molecule has 25 heavy (non-hydrogen) atoms. The second-order valence-corrected chi connectivity index (χ2v) is 7.25. The first kappa shape index (κ1) is 17.6. The summed E-state index contributed by atoms with van der Waals surface area (Å²) in [6.45, 7) is 8.53. The van der Waals surface area contributed by atoms with E-state index >= 15 is 0 Å². The van der Waals surface area contributed by atoms with Crippen molar-refractivity contribution in [1.82, 2.24) is 10.3 Å². The molecular formula is C19H23BN2O3. The van der Waals surface area contributed by atoms with Gasteiger partial charge in [0.05, 0.1) is 11.2 Å². The fourth-order valence-electron chi connectivity index (χ4n) is 2.56. The van der Waals surface area contributed by atoms with E-state index in [4.69, 9.17) is 9.31 Å². The van der Waals surface area contributed by atoms with Crippen molar-refractivity contribution in [3.8, 4) is 0 Å². The van der Waals surface area contributed by atoms with Gasteiger partial charge in [0.25, 0.3) is 5.91 Å². The average molecular weight is 338 g/mol. The van der Waals surface area contributed by atoms with Crippen LogP contribution in [0.25, 0.3) is 0 Å². The largest absolute Gasteiger partial charge is 0.494 e. The molecule has 1 aliphatic rings. The zero-order valence-corrected chi connectivity index (χ0v) is 15.1. The number of benzene rings is 1. The Morgan fingerprint density at radius 1 is 1.08 bits per heavy atom. The lowest BCUT2D eigenvalue weighted by Crippen LogP contribution is -2.41. The summed E-state index contributed by atoms with van der Waals surface area (Å²) in [5, 5.41) is 2.89. The summed E-state index contributed by atoms with van der Waals surface area (Å²) in [6.07, 6.45) is 3.45. The number of carbonyl (C=O) groups excluding carboxylic acids is 1. The number of hydrogen-bond acceptors (Lipinski definition) is 4. The van der Waals surface area contributed by atoms with Gasteiger partial charge in [-0.05, 0) is 56.9 Å². The predicted octanol–water partition coefficient (Wildman–Crippen LogP) is 2.31. The lowest BCUT2D eigenvalue weighted by atomic mass is 9.79. The van der Waals surface area contributed by atoms with Gasteiger partial charge in [-0.3, -0.25) is 9.78 Å². The first-order chi connectivity index (χ1) is 11.8. The minimum atomic E-state index is -0.419. The lowest BCUT2D eigenvalue weighted by Gasteiger charge is -2.32. The number of carbonyl (C=O) groups is 1. The smallest absolute Gasteiger partial charge is 0.399 e. The van der Waals surface area contributed by atoms with Crippen molar-refractivity contribution in [3.05, 3.63) is 59.9 Å². The van der Waals surface area contributed by atoms with Crippen molar-refractivity contribution in [2.45, 2.75) is 45.4 Å². The molecule has 1 amide bonds. The normalized spacial score (nSPS) is 18.2. The number of rotatable bonds is 4. The van der Waals surface area contributed by atoms with Crippen LogP contribution in [0.15, 0.2) is 48.8 Å². The summed E-state index contributed by atoms with van der Waals surface area (Å²) in [5.41, 5.74) is 1.71. The molecule has 6 heteroatoms. The van der Waals surface area contributed by atoms with Gasteiger partial charge in [-0.15, -0.1) is 0 Å². The maximum absolute atomic E-state index is 12.3. The van der Waals surface area contributed by atoms with E-state index in [1.54, 1.807) is 24.5 Å². The SMILES string of the molecule is CC1(C)OB(c2ccc(C(=O)NCc3cccnc3)cc2)OC1(C)C. The Hall–Kier alpha value is -2.18. The summed E-state index contributed by atoms with van der Waals surface area (Å²) in [5.74, 6) is -0.121. The molecule has 0 atom stereocenters. The predicted molar refractivity (Wildman–Crippen MR) is 97.6 cm³/mol. The topological polar surface area (TPSA) is 60.5 Å². The fourth-order valence-corrected chi connectivity index (χ4v) is 2.56. The number of pyridine rings is 1. The Labute approximate surface area is 148 Å². The molecule has 0 saturated carbocycles. The number of amides is 1. The monoisotopic (exact) mass is 338 g/mol. The Kier molecular flexibility index (Phi) is 4.67. The van der Waals surface area contributed by atoms with Crippen LogP contribution < -0.4 is 10.8 Å². The van der Waals surface area contributed by atoms with Crippen LogP contribution >= 0.6 is 0 Å². The van der Waals surface area contributed by atoms with E-state index in [1.165, 1.54) is 0 Å². The van der Waals surface area contributed by atoms with Gasteiger partial charge in [0.2, 0.25) is 0 Å². The van der Waals surface area contributed by atoms with E-state index in [9.17, 15) is 4.79 Å². The molecule has 0 aliphatic carbocycles. The molecule has 0 spiro atoms. The van der Waals surface area contributed by atoms with Crippen molar-refractivity contribution in [1.29, 1.82) is 0 Å². The van der Waals surface area contributed by atoms with Crippen molar-refractivity contribution in [3.63, 3.8) is 0 Å². The highest BCUT2D eigenvalue weighted by Gasteiger charge is 2.51. The van der Waals surface area contributed by atoms with Crippen molar-refractivity contribution in [2.75, 3.05) is 0 Å². The molecule has 130 valence electrons. The Balaban J connectivity index is 1.63. The zero-order valence-electron chi connectivity index (χ0n) is 15.1. The van der Waals surface area contributed by atoms with E-state index in [1.807, 2.05) is 52.0 Å². The summed E-state index contributed by atoms with van der Waals surface area (Å²) < 4.78 is 12.1.